The smallest absolute Gasteiger partial charge is 0.305 e. The van der Waals surface area contributed by atoms with Gasteiger partial charge in [-0.1, -0.05) is 6.08 Å². The van der Waals surface area contributed by atoms with E-state index in [0.29, 0.717) is 19.6 Å². The Hall–Kier alpha value is -1.36. The molecule has 0 aliphatic rings. The summed E-state index contributed by atoms with van der Waals surface area (Å²) in [6.07, 6.45) is 1.83. The molecular weight excluding hydrogens is 222 g/mol. The zero-order valence-corrected chi connectivity index (χ0v) is 10.5. The first kappa shape index (κ1) is 15.6. The second kappa shape index (κ2) is 8.75. The average molecular weight is 243 g/mol. The van der Waals surface area contributed by atoms with Gasteiger partial charge < -0.3 is 14.7 Å². The molecule has 1 atom stereocenters. The molecule has 0 radical (unpaired) electrons. The summed E-state index contributed by atoms with van der Waals surface area (Å²) in [6, 6.07) is 0. The molecule has 0 bridgehead atoms. The minimum atomic E-state index is -0.906. The summed E-state index contributed by atoms with van der Waals surface area (Å²) in [5, 5.41) is 8.57. The Balaban J connectivity index is 4.12. The summed E-state index contributed by atoms with van der Waals surface area (Å²) < 4.78 is 5.32. The first-order chi connectivity index (χ1) is 8.02. The number of hydrogen-bond acceptors (Lipinski definition) is 3. The number of nitrogens with zero attached hydrogens (tertiary/aromatic N) is 1. The van der Waals surface area contributed by atoms with Gasteiger partial charge in [0, 0.05) is 13.1 Å². The molecular formula is C12H21NO4. The first-order valence-electron chi connectivity index (χ1n) is 5.76. The maximum atomic E-state index is 11.9. The summed E-state index contributed by atoms with van der Waals surface area (Å²) in [6.45, 7) is 8.21. The van der Waals surface area contributed by atoms with Gasteiger partial charge in [0.05, 0.1) is 13.0 Å². The minimum absolute atomic E-state index is 0.0427. The third-order valence-electron chi connectivity index (χ3n) is 2.33. The molecule has 0 saturated heterocycles. The van der Waals surface area contributed by atoms with Crippen molar-refractivity contribution in [2.75, 3.05) is 19.7 Å². The molecule has 5 heteroatoms. The lowest BCUT2D eigenvalue weighted by atomic mass is 10.3. The van der Waals surface area contributed by atoms with Gasteiger partial charge in [0.1, 0.15) is 6.10 Å². The van der Waals surface area contributed by atoms with Crippen LogP contribution >= 0.6 is 0 Å². The van der Waals surface area contributed by atoms with Gasteiger partial charge in [0.25, 0.3) is 5.91 Å². The Morgan fingerprint density at radius 2 is 2.18 bits per heavy atom. The molecule has 17 heavy (non-hydrogen) atoms. The molecule has 0 rings (SSSR count). The lowest BCUT2D eigenvalue weighted by Gasteiger charge is -2.23. The molecule has 5 nitrogen and oxygen atoms in total. The van der Waals surface area contributed by atoms with Crippen molar-refractivity contribution < 1.29 is 19.4 Å². The highest BCUT2D eigenvalue weighted by atomic mass is 16.5. The summed E-state index contributed by atoms with van der Waals surface area (Å²) in [5.41, 5.74) is 0. The van der Waals surface area contributed by atoms with Crippen molar-refractivity contribution >= 4 is 11.9 Å². The largest absolute Gasteiger partial charge is 0.481 e. The van der Waals surface area contributed by atoms with Crippen LogP contribution in [0.25, 0.3) is 0 Å². The Labute approximate surface area is 102 Å². The third-order valence-corrected chi connectivity index (χ3v) is 2.33. The van der Waals surface area contributed by atoms with Gasteiger partial charge in [-0.05, 0) is 20.3 Å². The predicted molar refractivity (Wildman–Crippen MR) is 64.7 cm³/mol. The van der Waals surface area contributed by atoms with Crippen LogP contribution in [0.15, 0.2) is 12.7 Å². The van der Waals surface area contributed by atoms with Crippen LogP contribution in [0.3, 0.4) is 0 Å². The first-order valence-corrected chi connectivity index (χ1v) is 5.76. The van der Waals surface area contributed by atoms with E-state index in [1.165, 1.54) is 4.90 Å². The van der Waals surface area contributed by atoms with Gasteiger partial charge in [-0.3, -0.25) is 9.59 Å². The van der Waals surface area contributed by atoms with Crippen molar-refractivity contribution in [2.24, 2.45) is 0 Å². The van der Waals surface area contributed by atoms with Gasteiger partial charge in [-0.25, -0.2) is 0 Å². The van der Waals surface area contributed by atoms with Crippen LogP contribution in [-0.2, 0) is 14.3 Å². The minimum Gasteiger partial charge on any atom is -0.481 e. The van der Waals surface area contributed by atoms with Crippen molar-refractivity contribution in [2.45, 2.75) is 32.8 Å². The standard InChI is InChI=1S/C12H21NO4/c1-4-6-9-17-10(3)12(16)13(5-2)8-7-11(14)15/h4,10H,1,5-9H2,2-3H3,(H,14,15). The van der Waals surface area contributed by atoms with Crippen LogP contribution < -0.4 is 0 Å². The highest BCUT2D eigenvalue weighted by molar-refractivity contribution is 5.81. The molecule has 0 aromatic rings. The average Bonchev–Trinajstić information content (AvgIpc) is 2.29. The summed E-state index contributed by atoms with van der Waals surface area (Å²) in [4.78, 5) is 23.8. The molecule has 0 saturated carbocycles. The molecule has 0 spiro atoms. The Morgan fingerprint density at radius 3 is 2.65 bits per heavy atom. The van der Waals surface area contributed by atoms with Gasteiger partial charge in [-0.2, -0.15) is 0 Å². The number of carbonyl (C=O) groups is 2. The SMILES string of the molecule is C=CCCOC(C)C(=O)N(CC)CCC(=O)O. The number of carbonyl (C=O) groups excluding carboxylic acids is 1. The van der Waals surface area contributed by atoms with Crippen molar-refractivity contribution in [3.63, 3.8) is 0 Å². The Morgan fingerprint density at radius 1 is 1.53 bits per heavy atom. The highest BCUT2D eigenvalue weighted by Crippen LogP contribution is 2.02. The fourth-order valence-electron chi connectivity index (χ4n) is 1.31. The van der Waals surface area contributed by atoms with Crippen molar-refractivity contribution in [1.82, 2.24) is 4.90 Å². The van der Waals surface area contributed by atoms with Crippen LogP contribution in [0, 0.1) is 0 Å². The van der Waals surface area contributed by atoms with E-state index < -0.39 is 12.1 Å². The summed E-state index contributed by atoms with van der Waals surface area (Å²) in [5.74, 6) is -1.07. The molecule has 0 aromatic heterocycles. The number of hydrogen-bond donors (Lipinski definition) is 1. The van der Waals surface area contributed by atoms with Crippen molar-refractivity contribution in [3.8, 4) is 0 Å². The topological polar surface area (TPSA) is 66.8 Å². The van der Waals surface area contributed by atoms with E-state index in [9.17, 15) is 9.59 Å². The quantitative estimate of drug-likeness (QED) is 0.489. The molecule has 0 heterocycles. The number of amides is 1. The van der Waals surface area contributed by atoms with Gasteiger partial charge >= 0.3 is 5.97 Å². The van der Waals surface area contributed by atoms with Crippen LogP contribution in [-0.4, -0.2) is 47.7 Å². The van der Waals surface area contributed by atoms with Crippen LogP contribution in [0.5, 0.6) is 0 Å². The molecule has 1 amide bonds. The number of carboxylic acid groups (broad SMARTS) is 1. The van der Waals surface area contributed by atoms with Gasteiger partial charge in [0.2, 0.25) is 0 Å². The molecule has 98 valence electrons. The molecule has 1 N–H and O–H groups in total. The monoisotopic (exact) mass is 243 g/mol. The van der Waals surface area contributed by atoms with Crippen molar-refractivity contribution in [3.05, 3.63) is 12.7 Å². The van der Waals surface area contributed by atoms with Crippen molar-refractivity contribution in [1.29, 1.82) is 0 Å². The summed E-state index contributed by atoms with van der Waals surface area (Å²) in [7, 11) is 0. The van der Waals surface area contributed by atoms with Crippen LogP contribution in [0.1, 0.15) is 26.7 Å². The molecule has 0 fully saturated rings. The maximum absolute atomic E-state index is 11.9. The second-order valence-corrected chi connectivity index (χ2v) is 3.65. The lowest BCUT2D eigenvalue weighted by Crippen LogP contribution is -2.40. The number of aliphatic carboxylic acids is 1. The van der Waals surface area contributed by atoms with E-state index in [-0.39, 0.29) is 18.9 Å². The third kappa shape index (κ3) is 6.73. The number of ether oxygens (including phenoxy) is 1. The molecule has 0 aliphatic carbocycles. The van der Waals surface area contributed by atoms with Gasteiger partial charge in [0.15, 0.2) is 0 Å². The Bertz CT molecular complexity index is 265. The molecule has 1 unspecified atom stereocenters. The zero-order valence-electron chi connectivity index (χ0n) is 10.5. The summed E-state index contributed by atoms with van der Waals surface area (Å²) >= 11 is 0. The normalized spacial score (nSPS) is 11.9. The fraction of sp³-hybridized carbons (Fsp3) is 0.667. The maximum Gasteiger partial charge on any atom is 0.305 e. The lowest BCUT2D eigenvalue weighted by molar-refractivity contribution is -0.144. The van der Waals surface area contributed by atoms with E-state index in [1.807, 2.05) is 6.92 Å². The van der Waals surface area contributed by atoms with E-state index in [0.717, 1.165) is 0 Å². The second-order valence-electron chi connectivity index (χ2n) is 3.65. The van der Waals surface area contributed by atoms with Gasteiger partial charge in [-0.15, -0.1) is 6.58 Å². The molecule has 0 aromatic carbocycles. The Kier molecular flexibility index (Phi) is 8.05. The number of likely N-dealkylation sites (N-methyl/N-ethyl adjacent to an activating group) is 1. The predicted octanol–water partition coefficient (Wildman–Crippen LogP) is 1.29. The van der Waals surface area contributed by atoms with E-state index in [4.69, 9.17) is 9.84 Å². The van der Waals surface area contributed by atoms with Crippen LogP contribution in [0.4, 0.5) is 0 Å². The van der Waals surface area contributed by atoms with E-state index in [1.54, 1.807) is 13.0 Å². The number of carboxylic acids is 1. The van der Waals surface area contributed by atoms with Crippen LogP contribution in [0.2, 0.25) is 0 Å². The zero-order chi connectivity index (χ0) is 13.3. The van der Waals surface area contributed by atoms with E-state index >= 15 is 0 Å². The molecule has 0 aliphatic heterocycles. The van der Waals surface area contributed by atoms with E-state index in [2.05, 4.69) is 6.58 Å². The number of rotatable bonds is 9. The highest BCUT2D eigenvalue weighted by Gasteiger charge is 2.19. The fourth-order valence-corrected chi connectivity index (χ4v) is 1.31.